The Labute approximate surface area is 185 Å². The third-order valence-corrected chi connectivity index (χ3v) is 5.54. The van der Waals surface area contributed by atoms with Crippen LogP contribution in [0.3, 0.4) is 0 Å². The van der Waals surface area contributed by atoms with Crippen molar-refractivity contribution in [3.63, 3.8) is 0 Å². The largest absolute Gasteiger partial charge is 0.489 e. The Balaban J connectivity index is 1.46. The van der Waals surface area contributed by atoms with Gasteiger partial charge in [0.2, 0.25) is 0 Å². The normalized spacial score (nSPS) is 13.3. The van der Waals surface area contributed by atoms with E-state index < -0.39 is 0 Å². The van der Waals surface area contributed by atoms with Gasteiger partial charge in [-0.1, -0.05) is 29.3 Å². The third kappa shape index (κ3) is 4.25. The van der Waals surface area contributed by atoms with Crippen molar-refractivity contribution in [2.75, 3.05) is 31.6 Å². The standard InChI is InChI=1S/C24H24ClN5O/c1-15-2-5-17(6-3-15)29-18-13-20-19-12-16(25)4-7-21(19)30-23(20)22(14-18)31-11-10-28-24-26-8-9-27-24/h2-7,12-14,29-30H,8-11H2,1H3,(H2,26,27,28). The van der Waals surface area contributed by atoms with E-state index in [1.807, 2.05) is 24.3 Å². The van der Waals surface area contributed by atoms with E-state index in [-0.39, 0.29) is 0 Å². The number of rotatable bonds is 6. The summed E-state index contributed by atoms with van der Waals surface area (Å²) >= 11 is 6.28. The van der Waals surface area contributed by atoms with Crippen molar-refractivity contribution in [3.05, 3.63) is 65.2 Å². The number of fused-ring (bicyclic) bond motifs is 3. The number of halogens is 1. The number of aryl methyl sites for hydroxylation is 1. The number of hydrogen-bond donors (Lipinski definition) is 4. The van der Waals surface area contributed by atoms with Crippen LogP contribution in [0.15, 0.2) is 59.6 Å². The molecule has 1 aromatic heterocycles. The minimum absolute atomic E-state index is 0.514. The zero-order valence-corrected chi connectivity index (χ0v) is 18.0. The number of aromatic amines is 1. The average Bonchev–Trinajstić information content (AvgIpc) is 3.41. The molecule has 4 aromatic rings. The highest BCUT2D eigenvalue weighted by Gasteiger charge is 2.13. The molecule has 0 bridgehead atoms. The van der Waals surface area contributed by atoms with E-state index in [4.69, 9.17) is 16.3 Å². The number of nitrogens with zero attached hydrogens (tertiary/aromatic N) is 1. The number of H-pyrrole nitrogens is 1. The van der Waals surface area contributed by atoms with Gasteiger partial charge < -0.3 is 25.7 Å². The summed E-state index contributed by atoms with van der Waals surface area (Å²) < 4.78 is 6.19. The van der Waals surface area contributed by atoms with Crippen molar-refractivity contribution < 1.29 is 4.74 Å². The molecule has 1 aliphatic heterocycles. The van der Waals surface area contributed by atoms with Crippen LogP contribution in [0, 0.1) is 6.92 Å². The lowest BCUT2D eigenvalue weighted by molar-refractivity contribution is 0.325. The molecular formula is C24H24ClN5O. The van der Waals surface area contributed by atoms with Gasteiger partial charge in [0.1, 0.15) is 12.4 Å². The van der Waals surface area contributed by atoms with Crippen molar-refractivity contribution in [3.8, 4) is 5.75 Å². The molecule has 31 heavy (non-hydrogen) atoms. The minimum Gasteiger partial charge on any atom is -0.489 e. The van der Waals surface area contributed by atoms with E-state index in [0.717, 1.165) is 58.0 Å². The fourth-order valence-electron chi connectivity index (χ4n) is 3.78. The Kier molecular flexibility index (Phi) is 5.30. The number of hydrogen-bond acceptors (Lipinski definition) is 5. The highest BCUT2D eigenvalue weighted by Crippen LogP contribution is 2.36. The van der Waals surface area contributed by atoms with E-state index in [9.17, 15) is 0 Å². The van der Waals surface area contributed by atoms with E-state index in [0.29, 0.717) is 18.2 Å². The van der Waals surface area contributed by atoms with Gasteiger partial charge in [0.05, 0.1) is 18.6 Å². The lowest BCUT2D eigenvalue weighted by Gasteiger charge is -2.13. The lowest BCUT2D eigenvalue weighted by Crippen LogP contribution is -2.36. The quantitative estimate of drug-likeness (QED) is 0.324. The highest BCUT2D eigenvalue weighted by atomic mass is 35.5. The summed E-state index contributed by atoms with van der Waals surface area (Å²) in [6.07, 6.45) is 0. The Hall–Kier alpha value is -3.38. The minimum atomic E-state index is 0.514. The second-order valence-corrected chi connectivity index (χ2v) is 8.07. The molecule has 0 radical (unpaired) electrons. The maximum absolute atomic E-state index is 6.28. The fourth-order valence-corrected chi connectivity index (χ4v) is 3.95. The fraction of sp³-hybridized carbons (Fsp3) is 0.208. The van der Waals surface area contributed by atoms with Crippen LogP contribution >= 0.6 is 11.6 Å². The van der Waals surface area contributed by atoms with Crippen molar-refractivity contribution >= 4 is 50.7 Å². The Morgan fingerprint density at radius 1 is 1.03 bits per heavy atom. The highest BCUT2D eigenvalue weighted by molar-refractivity contribution is 6.32. The van der Waals surface area contributed by atoms with Gasteiger partial charge in [0.15, 0.2) is 5.96 Å². The van der Waals surface area contributed by atoms with Crippen molar-refractivity contribution in [2.24, 2.45) is 4.99 Å². The summed E-state index contributed by atoms with van der Waals surface area (Å²) in [5, 5.41) is 12.8. The van der Waals surface area contributed by atoms with Crippen LogP contribution in [0.1, 0.15) is 5.56 Å². The summed E-state index contributed by atoms with van der Waals surface area (Å²) in [6.45, 7) is 4.95. The summed E-state index contributed by atoms with van der Waals surface area (Å²) in [5.41, 5.74) is 5.20. The first-order valence-electron chi connectivity index (χ1n) is 10.4. The molecule has 7 heteroatoms. The van der Waals surface area contributed by atoms with Gasteiger partial charge in [0, 0.05) is 45.3 Å². The van der Waals surface area contributed by atoms with Crippen LogP contribution in [-0.4, -0.2) is 37.2 Å². The molecule has 0 atom stereocenters. The third-order valence-electron chi connectivity index (χ3n) is 5.30. The lowest BCUT2D eigenvalue weighted by atomic mass is 10.1. The molecule has 6 nitrogen and oxygen atoms in total. The molecule has 5 rings (SSSR count). The number of benzene rings is 3. The number of nitrogens with one attached hydrogen (secondary N) is 4. The first-order valence-corrected chi connectivity index (χ1v) is 10.8. The summed E-state index contributed by atoms with van der Waals surface area (Å²) in [4.78, 5) is 7.83. The average molecular weight is 434 g/mol. The van der Waals surface area contributed by atoms with Gasteiger partial charge >= 0.3 is 0 Å². The van der Waals surface area contributed by atoms with E-state index in [1.165, 1.54) is 5.56 Å². The van der Waals surface area contributed by atoms with Crippen molar-refractivity contribution in [1.82, 2.24) is 15.6 Å². The monoisotopic (exact) mass is 433 g/mol. The molecule has 0 fully saturated rings. The van der Waals surface area contributed by atoms with Gasteiger partial charge in [-0.3, -0.25) is 4.99 Å². The molecule has 0 saturated heterocycles. The number of aromatic nitrogens is 1. The first-order chi connectivity index (χ1) is 15.2. The van der Waals surface area contributed by atoms with Crippen LogP contribution in [-0.2, 0) is 0 Å². The topological polar surface area (TPSA) is 73.5 Å². The molecule has 4 N–H and O–H groups in total. The van der Waals surface area contributed by atoms with Gasteiger partial charge in [-0.25, -0.2) is 0 Å². The predicted molar refractivity (Wildman–Crippen MR) is 129 cm³/mol. The van der Waals surface area contributed by atoms with E-state index >= 15 is 0 Å². The molecular weight excluding hydrogens is 410 g/mol. The molecule has 0 saturated carbocycles. The Bertz CT molecular complexity index is 1260. The molecule has 2 heterocycles. The smallest absolute Gasteiger partial charge is 0.191 e. The Morgan fingerprint density at radius 2 is 1.90 bits per heavy atom. The molecule has 0 amide bonds. The van der Waals surface area contributed by atoms with Crippen LogP contribution < -0.4 is 20.7 Å². The van der Waals surface area contributed by atoms with Gasteiger partial charge in [-0.15, -0.1) is 0 Å². The predicted octanol–water partition coefficient (Wildman–Crippen LogP) is 4.95. The zero-order valence-electron chi connectivity index (χ0n) is 17.3. The maximum atomic E-state index is 6.28. The first kappa shape index (κ1) is 19.6. The van der Waals surface area contributed by atoms with E-state index in [1.54, 1.807) is 0 Å². The molecule has 3 aromatic carbocycles. The number of ether oxygens (including phenoxy) is 1. The Morgan fingerprint density at radius 3 is 2.71 bits per heavy atom. The number of aliphatic imine (C=N–C) groups is 1. The van der Waals surface area contributed by atoms with Gasteiger partial charge in [-0.05, 0) is 43.3 Å². The number of guanidine groups is 1. The second-order valence-electron chi connectivity index (χ2n) is 7.64. The van der Waals surface area contributed by atoms with Crippen molar-refractivity contribution in [2.45, 2.75) is 6.92 Å². The summed E-state index contributed by atoms with van der Waals surface area (Å²) in [5.74, 6) is 1.63. The van der Waals surface area contributed by atoms with Crippen LogP contribution in [0.4, 0.5) is 11.4 Å². The van der Waals surface area contributed by atoms with Gasteiger partial charge in [-0.2, -0.15) is 0 Å². The summed E-state index contributed by atoms with van der Waals surface area (Å²) in [6, 6.07) is 18.4. The van der Waals surface area contributed by atoms with Crippen LogP contribution in [0.5, 0.6) is 5.75 Å². The SMILES string of the molecule is Cc1ccc(Nc2cc(OCCNC3=NCCN3)c3[nH]c4ccc(Cl)cc4c3c2)cc1. The summed E-state index contributed by atoms with van der Waals surface area (Å²) in [7, 11) is 0. The molecule has 1 aliphatic rings. The van der Waals surface area contributed by atoms with Crippen LogP contribution in [0.2, 0.25) is 5.02 Å². The van der Waals surface area contributed by atoms with E-state index in [2.05, 4.69) is 63.2 Å². The molecule has 0 aliphatic carbocycles. The van der Waals surface area contributed by atoms with Crippen molar-refractivity contribution in [1.29, 1.82) is 0 Å². The molecule has 0 unspecified atom stereocenters. The van der Waals surface area contributed by atoms with Crippen LogP contribution in [0.25, 0.3) is 21.8 Å². The van der Waals surface area contributed by atoms with Gasteiger partial charge in [0.25, 0.3) is 0 Å². The molecule has 158 valence electrons. The number of anilines is 2. The second kappa shape index (κ2) is 8.40. The zero-order chi connectivity index (χ0) is 21.2. The molecule has 0 spiro atoms. The maximum Gasteiger partial charge on any atom is 0.191 e.